The molecule has 0 aliphatic heterocycles. The van der Waals surface area contributed by atoms with Crippen molar-refractivity contribution < 1.29 is 4.74 Å². The molecule has 0 radical (unpaired) electrons. The molecular weight excluding hydrogens is 298 g/mol. The van der Waals surface area contributed by atoms with Gasteiger partial charge in [0.2, 0.25) is 10.7 Å². The van der Waals surface area contributed by atoms with Gasteiger partial charge in [0.05, 0.1) is 23.9 Å². The molecule has 0 amide bonds. The van der Waals surface area contributed by atoms with Gasteiger partial charge < -0.3 is 14.6 Å². The van der Waals surface area contributed by atoms with E-state index in [4.69, 9.17) is 28.6 Å². The Hall–Kier alpha value is -1.57. The summed E-state index contributed by atoms with van der Waals surface area (Å²) in [5, 5.41) is 3.61. The number of nitrogens with zero attached hydrogens (tertiary/aromatic N) is 4. The van der Waals surface area contributed by atoms with E-state index in [1.165, 1.54) is 0 Å². The Balaban J connectivity index is 2.10. The SMILES string of the molecule is COCCNc1ncn(Cc2ncccc2Cl)c(=S)n1. The second kappa shape index (κ2) is 7.28. The summed E-state index contributed by atoms with van der Waals surface area (Å²) >= 11 is 11.3. The molecule has 106 valence electrons. The van der Waals surface area contributed by atoms with Crippen LogP contribution >= 0.6 is 23.8 Å². The quantitative estimate of drug-likeness (QED) is 0.651. The summed E-state index contributed by atoms with van der Waals surface area (Å²) in [6.07, 6.45) is 3.31. The van der Waals surface area contributed by atoms with Crippen molar-refractivity contribution in [1.82, 2.24) is 19.5 Å². The van der Waals surface area contributed by atoms with Crippen LogP contribution in [0, 0.1) is 4.77 Å². The summed E-state index contributed by atoms with van der Waals surface area (Å²) in [6.45, 7) is 1.65. The van der Waals surface area contributed by atoms with E-state index in [2.05, 4.69) is 20.3 Å². The Morgan fingerprint density at radius 1 is 1.45 bits per heavy atom. The Bertz CT molecular complexity index is 633. The number of nitrogens with one attached hydrogen (secondary N) is 1. The Morgan fingerprint density at radius 2 is 2.30 bits per heavy atom. The van der Waals surface area contributed by atoms with Gasteiger partial charge >= 0.3 is 0 Å². The van der Waals surface area contributed by atoms with Crippen LogP contribution in [0.25, 0.3) is 0 Å². The molecule has 0 spiro atoms. The molecule has 0 unspecified atom stereocenters. The van der Waals surface area contributed by atoms with Crippen molar-refractivity contribution in [3.8, 4) is 0 Å². The fourth-order valence-electron chi connectivity index (χ4n) is 1.51. The van der Waals surface area contributed by atoms with Crippen molar-refractivity contribution in [2.24, 2.45) is 0 Å². The van der Waals surface area contributed by atoms with Crippen LogP contribution in [0.5, 0.6) is 0 Å². The van der Waals surface area contributed by atoms with Gasteiger partial charge in [-0.3, -0.25) is 4.98 Å². The lowest BCUT2D eigenvalue weighted by molar-refractivity contribution is 0.210. The largest absolute Gasteiger partial charge is 0.383 e. The van der Waals surface area contributed by atoms with Crippen LogP contribution in [0.15, 0.2) is 24.7 Å². The van der Waals surface area contributed by atoms with Gasteiger partial charge in [-0.1, -0.05) is 11.6 Å². The molecule has 1 N–H and O–H groups in total. The van der Waals surface area contributed by atoms with Gasteiger partial charge in [-0.25, -0.2) is 4.98 Å². The predicted octanol–water partition coefficient (Wildman–Crippen LogP) is 2.16. The summed E-state index contributed by atoms with van der Waals surface area (Å²) in [6, 6.07) is 3.57. The maximum absolute atomic E-state index is 6.07. The summed E-state index contributed by atoms with van der Waals surface area (Å²) < 4.78 is 7.07. The average molecular weight is 312 g/mol. The summed E-state index contributed by atoms with van der Waals surface area (Å²) in [7, 11) is 1.64. The number of rotatable bonds is 6. The zero-order chi connectivity index (χ0) is 14.4. The van der Waals surface area contributed by atoms with Crippen LogP contribution < -0.4 is 5.32 Å². The topological polar surface area (TPSA) is 64.9 Å². The number of ether oxygens (including phenoxy) is 1. The first kappa shape index (κ1) is 14.8. The molecule has 2 heterocycles. The number of aromatic nitrogens is 4. The van der Waals surface area contributed by atoms with E-state index < -0.39 is 0 Å². The fraction of sp³-hybridized carbons (Fsp3) is 0.333. The molecule has 8 heteroatoms. The van der Waals surface area contributed by atoms with Gasteiger partial charge in [-0.15, -0.1) is 0 Å². The van der Waals surface area contributed by atoms with Crippen LogP contribution in [0.1, 0.15) is 5.69 Å². The van der Waals surface area contributed by atoms with Crippen LogP contribution in [0.2, 0.25) is 5.02 Å². The second-order valence-electron chi connectivity index (χ2n) is 3.94. The Morgan fingerprint density at radius 3 is 3.00 bits per heavy atom. The number of methoxy groups -OCH3 is 1. The van der Waals surface area contributed by atoms with E-state index in [1.807, 2.05) is 0 Å². The Labute approximate surface area is 126 Å². The maximum atomic E-state index is 6.07. The number of hydrogen-bond acceptors (Lipinski definition) is 6. The molecule has 0 saturated carbocycles. The smallest absolute Gasteiger partial charge is 0.226 e. The van der Waals surface area contributed by atoms with Gasteiger partial charge in [-0.05, 0) is 24.4 Å². The molecule has 0 aliphatic carbocycles. The van der Waals surface area contributed by atoms with Crippen LogP contribution in [0.3, 0.4) is 0 Å². The van der Waals surface area contributed by atoms with E-state index in [-0.39, 0.29) is 0 Å². The lowest BCUT2D eigenvalue weighted by Gasteiger charge is -2.08. The molecule has 0 fully saturated rings. The van der Waals surface area contributed by atoms with Crippen molar-refractivity contribution in [3.63, 3.8) is 0 Å². The molecule has 2 aromatic heterocycles. The molecule has 2 aromatic rings. The number of hydrogen-bond donors (Lipinski definition) is 1. The molecule has 0 bridgehead atoms. The number of anilines is 1. The highest BCUT2D eigenvalue weighted by Gasteiger charge is 2.04. The molecule has 0 atom stereocenters. The van der Waals surface area contributed by atoms with E-state index in [0.29, 0.717) is 35.4 Å². The van der Waals surface area contributed by atoms with Gasteiger partial charge in [-0.2, -0.15) is 4.98 Å². The maximum Gasteiger partial charge on any atom is 0.226 e. The molecule has 20 heavy (non-hydrogen) atoms. The predicted molar refractivity (Wildman–Crippen MR) is 79.6 cm³/mol. The molecule has 0 saturated heterocycles. The van der Waals surface area contributed by atoms with E-state index in [1.54, 1.807) is 36.3 Å². The second-order valence-corrected chi connectivity index (χ2v) is 4.71. The first-order chi connectivity index (χ1) is 9.70. The highest BCUT2D eigenvalue weighted by atomic mass is 35.5. The zero-order valence-corrected chi connectivity index (χ0v) is 12.5. The minimum atomic E-state index is 0.418. The van der Waals surface area contributed by atoms with E-state index in [0.717, 1.165) is 5.69 Å². The van der Waals surface area contributed by atoms with Gasteiger partial charge in [0.1, 0.15) is 6.33 Å². The normalized spacial score (nSPS) is 10.5. The number of pyridine rings is 1. The fourth-order valence-corrected chi connectivity index (χ4v) is 1.89. The summed E-state index contributed by atoms with van der Waals surface area (Å²) in [5.41, 5.74) is 0.731. The first-order valence-corrected chi connectivity index (χ1v) is 6.75. The minimum absolute atomic E-state index is 0.418. The molecule has 0 aromatic carbocycles. The third-order valence-electron chi connectivity index (χ3n) is 2.51. The highest BCUT2D eigenvalue weighted by molar-refractivity contribution is 7.71. The minimum Gasteiger partial charge on any atom is -0.383 e. The first-order valence-electron chi connectivity index (χ1n) is 5.96. The lowest BCUT2D eigenvalue weighted by Crippen LogP contribution is -2.13. The van der Waals surface area contributed by atoms with Gasteiger partial charge in [0, 0.05) is 19.9 Å². The van der Waals surface area contributed by atoms with E-state index >= 15 is 0 Å². The van der Waals surface area contributed by atoms with Crippen molar-refractivity contribution in [1.29, 1.82) is 0 Å². The van der Waals surface area contributed by atoms with Crippen LogP contribution in [-0.2, 0) is 11.3 Å². The summed E-state index contributed by atoms with van der Waals surface area (Å²) in [4.78, 5) is 12.6. The standard InChI is InChI=1S/C12H14ClN5OS/c1-19-6-5-15-11-16-8-18(12(20)17-11)7-10-9(13)3-2-4-14-10/h2-4,8H,5-7H2,1H3,(H,15,17,20). The van der Waals surface area contributed by atoms with Crippen LogP contribution in [0.4, 0.5) is 5.95 Å². The highest BCUT2D eigenvalue weighted by Crippen LogP contribution is 2.13. The monoisotopic (exact) mass is 311 g/mol. The van der Waals surface area contributed by atoms with Crippen molar-refractivity contribution in [2.45, 2.75) is 6.54 Å². The number of halogens is 1. The van der Waals surface area contributed by atoms with E-state index in [9.17, 15) is 0 Å². The molecule has 6 nitrogen and oxygen atoms in total. The third kappa shape index (κ3) is 3.96. The third-order valence-corrected chi connectivity index (χ3v) is 3.18. The van der Waals surface area contributed by atoms with Crippen molar-refractivity contribution >= 4 is 29.8 Å². The van der Waals surface area contributed by atoms with Crippen molar-refractivity contribution in [2.75, 3.05) is 25.6 Å². The Kier molecular flexibility index (Phi) is 5.40. The van der Waals surface area contributed by atoms with Crippen molar-refractivity contribution in [3.05, 3.63) is 40.1 Å². The molecule has 0 aliphatic rings. The summed E-state index contributed by atoms with van der Waals surface area (Å²) in [5.74, 6) is 0.482. The van der Waals surface area contributed by atoms with Gasteiger partial charge in [0.15, 0.2) is 0 Å². The van der Waals surface area contributed by atoms with Crippen LogP contribution in [-0.4, -0.2) is 39.8 Å². The lowest BCUT2D eigenvalue weighted by atomic mass is 10.3. The van der Waals surface area contributed by atoms with Gasteiger partial charge in [0.25, 0.3) is 0 Å². The molecular formula is C12H14ClN5OS. The zero-order valence-electron chi connectivity index (χ0n) is 10.9. The molecule has 2 rings (SSSR count). The average Bonchev–Trinajstić information content (AvgIpc) is 2.44.